The second kappa shape index (κ2) is 3.77. The van der Waals surface area contributed by atoms with Crippen LogP contribution in [0.25, 0.3) is 0 Å². The molecule has 1 aliphatic carbocycles. The van der Waals surface area contributed by atoms with E-state index in [1.165, 1.54) is 6.42 Å². The Bertz CT molecular complexity index is 152. The molecule has 2 unspecified atom stereocenters. The molecule has 0 aromatic rings. The summed E-state index contributed by atoms with van der Waals surface area (Å²) in [6.45, 7) is 2.20. The third-order valence-electron chi connectivity index (χ3n) is 2.17. The molecule has 0 bridgehead atoms. The SMILES string of the molecule is COC1=CC(C)CCC1OC. The highest BCUT2D eigenvalue weighted by Gasteiger charge is 2.20. The molecule has 1 aliphatic rings. The van der Waals surface area contributed by atoms with Crippen molar-refractivity contribution in [3.63, 3.8) is 0 Å². The fourth-order valence-corrected chi connectivity index (χ4v) is 1.46. The number of rotatable bonds is 2. The van der Waals surface area contributed by atoms with Crippen LogP contribution in [0.3, 0.4) is 0 Å². The van der Waals surface area contributed by atoms with E-state index in [1.807, 2.05) is 0 Å². The van der Waals surface area contributed by atoms with E-state index in [9.17, 15) is 0 Å². The van der Waals surface area contributed by atoms with Crippen molar-refractivity contribution in [2.75, 3.05) is 14.2 Å². The summed E-state index contributed by atoms with van der Waals surface area (Å²) in [5, 5.41) is 0. The maximum Gasteiger partial charge on any atom is 0.121 e. The second-order valence-electron chi connectivity index (χ2n) is 3.05. The van der Waals surface area contributed by atoms with Crippen LogP contribution in [0.1, 0.15) is 19.8 Å². The van der Waals surface area contributed by atoms with Crippen molar-refractivity contribution in [1.29, 1.82) is 0 Å². The van der Waals surface area contributed by atoms with Crippen LogP contribution in [0.4, 0.5) is 0 Å². The topological polar surface area (TPSA) is 18.5 Å². The summed E-state index contributed by atoms with van der Waals surface area (Å²) in [7, 11) is 3.43. The van der Waals surface area contributed by atoms with E-state index in [1.54, 1.807) is 14.2 Å². The van der Waals surface area contributed by atoms with Gasteiger partial charge in [0.25, 0.3) is 0 Å². The average molecular weight is 156 g/mol. The van der Waals surface area contributed by atoms with Gasteiger partial charge in [-0.05, 0) is 24.8 Å². The molecule has 64 valence electrons. The van der Waals surface area contributed by atoms with Gasteiger partial charge in [0.05, 0.1) is 7.11 Å². The Hall–Kier alpha value is -0.500. The van der Waals surface area contributed by atoms with Gasteiger partial charge in [-0.25, -0.2) is 0 Å². The van der Waals surface area contributed by atoms with Crippen LogP contribution >= 0.6 is 0 Å². The molecule has 2 heteroatoms. The van der Waals surface area contributed by atoms with Crippen molar-refractivity contribution in [1.82, 2.24) is 0 Å². The fourth-order valence-electron chi connectivity index (χ4n) is 1.46. The summed E-state index contributed by atoms with van der Waals surface area (Å²) < 4.78 is 10.5. The van der Waals surface area contributed by atoms with Gasteiger partial charge in [0.15, 0.2) is 0 Å². The third-order valence-corrected chi connectivity index (χ3v) is 2.17. The summed E-state index contributed by atoms with van der Waals surface area (Å²) in [4.78, 5) is 0. The first-order chi connectivity index (χ1) is 5.27. The number of hydrogen-bond acceptors (Lipinski definition) is 2. The maximum absolute atomic E-state index is 5.25. The van der Waals surface area contributed by atoms with Crippen molar-refractivity contribution in [2.24, 2.45) is 5.92 Å². The first-order valence-corrected chi connectivity index (χ1v) is 4.06. The molecule has 2 atom stereocenters. The van der Waals surface area contributed by atoms with Gasteiger partial charge in [-0.3, -0.25) is 0 Å². The zero-order valence-corrected chi connectivity index (χ0v) is 7.46. The van der Waals surface area contributed by atoms with E-state index in [0.717, 1.165) is 12.2 Å². The van der Waals surface area contributed by atoms with E-state index in [2.05, 4.69) is 13.0 Å². The fraction of sp³-hybridized carbons (Fsp3) is 0.778. The first kappa shape index (κ1) is 8.60. The van der Waals surface area contributed by atoms with Gasteiger partial charge in [-0.15, -0.1) is 0 Å². The molecule has 0 saturated carbocycles. The Labute approximate surface area is 68.2 Å². The van der Waals surface area contributed by atoms with E-state index in [-0.39, 0.29) is 6.10 Å². The highest BCUT2D eigenvalue weighted by Crippen LogP contribution is 2.24. The van der Waals surface area contributed by atoms with Crippen molar-refractivity contribution in [3.8, 4) is 0 Å². The molecular weight excluding hydrogens is 140 g/mol. The minimum Gasteiger partial charge on any atom is -0.499 e. The summed E-state index contributed by atoms with van der Waals surface area (Å²) in [5.74, 6) is 1.63. The Morgan fingerprint density at radius 1 is 1.36 bits per heavy atom. The van der Waals surface area contributed by atoms with Crippen LogP contribution in [0.5, 0.6) is 0 Å². The highest BCUT2D eigenvalue weighted by atomic mass is 16.5. The predicted molar refractivity (Wildman–Crippen MR) is 44.3 cm³/mol. The smallest absolute Gasteiger partial charge is 0.121 e. The van der Waals surface area contributed by atoms with Crippen molar-refractivity contribution in [2.45, 2.75) is 25.9 Å². The number of ether oxygens (including phenoxy) is 2. The van der Waals surface area contributed by atoms with Crippen molar-refractivity contribution in [3.05, 3.63) is 11.8 Å². The summed E-state index contributed by atoms with van der Waals surface area (Å²) in [6.07, 6.45) is 4.62. The Balaban J connectivity index is 2.63. The van der Waals surface area contributed by atoms with Gasteiger partial charge in [0.2, 0.25) is 0 Å². The van der Waals surface area contributed by atoms with Gasteiger partial charge in [-0.2, -0.15) is 0 Å². The lowest BCUT2D eigenvalue weighted by molar-refractivity contribution is 0.0609. The normalized spacial score (nSPS) is 31.4. The van der Waals surface area contributed by atoms with Crippen LogP contribution in [0.15, 0.2) is 11.8 Å². The lowest BCUT2D eigenvalue weighted by atomic mass is 9.94. The summed E-state index contributed by atoms with van der Waals surface area (Å²) in [5.41, 5.74) is 0. The molecule has 0 N–H and O–H groups in total. The molecule has 0 aromatic heterocycles. The van der Waals surface area contributed by atoms with E-state index in [4.69, 9.17) is 9.47 Å². The minimum atomic E-state index is 0.191. The molecule has 11 heavy (non-hydrogen) atoms. The van der Waals surface area contributed by atoms with Gasteiger partial charge >= 0.3 is 0 Å². The zero-order chi connectivity index (χ0) is 8.27. The van der Waals surface area contributed by atoms with Crippen molar-refractivity contribution >= 4 is 0 Å². The zero-order valence-electron chi connectivity index (χ0n) is 7.46. The Kier molecular flexibility index (Phi) is 2.94. The van der Waals surface area contributed by atoms with Gasteiger partial charge in [-0.1, -0.05) is 6.92 Å². The lowest BCUT2D eigenvalue weighted by Crippen LogP contribution is -2.20. The maximum atomic E-state index is 5.25. The summed E-state index contributed by atoms with van der Waals surface area (Å²) in [6, 6.07) is 0. The first-order valence-electron chi connectivity index (χ1n) is 4.06. The second-order valence-corrected chi connectivity index (χ2v) is 3.05. The minimum absolute atomic E-state index is 0.191. The van der Waals surface area contributed by atoms with Crippen LogP contribution in [0, 0.1) is 5.92 Å². The van der Waals surface area contributed by atoms with Gasteiger partial charge in [0, 0.05) is 7.11 Å². The van der Waals surface area contributed by atoms with Crippen LogP contribution in [0.2, 0.25) is 0 Å². The largest absolute Gasteiger partial charge is 0.499 e. The average Bonchev–Trinajstić information content (AvgIpc) is 2.04. The Morgan fingerprint density at radius 2 is 2.09 bits per heavy atom. The molecule has 2 nitrogen and oxygen atoms in total. The van der Waals surface area contributed by atoms with Gasteiger partial charge < -0.3 is 9.47 Å². The highest BCUT2D eigenvalue weighted by molar-refractivity contribution is 5.06. The molecule has 0 amide bonds. The molecule has 0 saturated heterocycles. The molecule has 0 heterocycles. The number of allylic oxidation sites excluding steroid dienone is 1. The van der Waals surface area contributed by atoms with Crippen LogP contribution in [-0.4, -0.2) is 20.3 Å². The molecule has 0 spiro atoms. The lowest BCUT2D eigenvalue weighted by Gasteiger charge is -2.24. The van der Waals surface area contributed by atoms with E-state index in [0.29, 0.717) is 5.92 Å². The molecule has 0 radical (unpaired) electrons. The number of hydrogen-bond donors (Lipinski definition) is 0. The van der Waals surface area contributed by atoms with Gasteiger partial charge in [0.1, 0.15) is 11.9 Å². The standard InChI is InChI=1S/C9H16O2/c1-7-4-5-8(10-2)9(6-7)11-3/h6-8H,4-5H2,1-3H3. The van der Waals surface area contributed by atoms with Crippen LogP contribution < -0.4 is 0 Å². The van der Waals surface area contributed by atoms with Crippen molar-refractivity contribution < 1.29 is 9.47 Å². The third kappa shape index (κ3) is 1.96. The molecule has 0 aliphatic heterocycles. The summed E-state index contributed by atoms with van der Waals surface area (Å²) >= 11 is 0. The molecule has 0 fully saturated rings. The van der Waals surface area contributed by atoms with Crippen LogP contribution in [-0.2, 0) is 9.47 Å². The van der Waals surface area contributed by atoms with E-state index >= 15 is 0 Å². The predicted octanol–water partition coefficient (Wildman–Crippen LogP) is 1.96. The molecule has 1 rings (SSSR count). The Morgan fingerprint density at radius 3 is 2.64 bits per heavy atom. The van der Waals surface area contributed by atoms with E-state index < -0.39 is 0 Å². The molecule has 0 aromatic carbocycles. The number of methoxy groups -OCH3 is 2. The molecular formula is C9H16O2. The quantitative estimate of drug-likeness (QED) is 0.608. The monoisotopic (exact) mass is 156 g/mol.